The average molecular weight is 117 g/mol. The van der Waals surface area contributed by atoms with Crippen LogP contribution >= 0.6 is 12.2 Å². The largest absolute Gasteiger partial charge is 0.291 e. The van der Waals surface area contributed by atoms with Crippen LogP contribution in [0, 0.1) is 5.92 Å². The van der Waals surface area contributed by atoms with Crippen LogP contribution < -0.4 is 5.48 Å². The third kappa shape index (κ3) is 1.11. The molecule has 0 atom stereocenters. The summed E-state index contributed by atoms with van der Waals surface area (Å²) in [7, 11) is 0. The molecule has 0 heterocycles. The van der Waals surface area contributed by atoms with Crippen molar-refractivity contribution >= 4 is 17.2 Å². The average Bonchev–Trinajstić information content (AvgIpc) is 2.44. The van der Waals surface area contributed by atoms with Crippen molar-refractivity contribution in [2.45, 2.75) is 12.8 Å². The molecule has 7 heavy (non-hydrogen) atoms. The van der Waals surface area contributed by atoms with E-state index in [2.05, 4.69) is 12.2 Å². The highest BCUT2D eigenvalue weighted by atomic mass is 32.1. The van der Waals surface area contributed by atoms with E-state index in [0.717, 1.165) is 12.8 Å². The highest BCUT2D eigenvalue weighted by Crippen LogP contribution is 2.29. The molecule has 1 rings (SSSR count). The van der Waals surface area contributed by atoms with Crippen LogP contribution in [0.4, 0.5) is 0 Å². The smallest absolute Gasteiger partial charge is 0.103 e. The predicted molar refractivity (Wildman–Crippen MR) is 30.2 cm³/mol. The van der Waals surface area contributed by atoms with Crippen LogP contribution in [0.15, 0.2) is 0 Å². The van der Waals surface area contributed by atoms with Crippen molar-refractivity contribution in [2.75, 3.05) is 0 Å². The van der Waals surface area contributed by atoms with Gasteiger partial charge in [-0.15, -0.1) is 0 Å². The van der Waals surface area contributed by atoms with E-state index in [1.54, 1.807) is 0 Å². The van der Waals surface area contributed by atoms with E-state index >= 15 is 0 Å². The van der Waals surface area contributed by atoms with Gasteiger partial charge in [0.25, 0.3) is 0 Å². The zero-order valence-corrected chi connectivity index (χ0v) is 4.66. The first-order chi connectivity index (χ1) is 3.34. The van der Waals surface area contributed by atoms with E-state index in [0.29, 0.717) is 10.9 Å². The maximum absolute atomic E-state index is 8.15. The molecule has 40 valence electrons. The molecule has 3 heteroatoms. The van der Waals surface area contributed by atoms with Crippen molar-refractivity contribution in [3.8, 4) is 0 Å². The van der Waals surface area contributed by atoms with Crippen molar-refractivity contribution in [3.05, 3.63) is 0 Å². The lowest BCUT2D eigenvalue weighted by Gasteiger charge is -1.92. The van der Waals surface area contributed by atoms with Gasteiger partial charge in [0.1, 0.15) is 4.99 Å². The van der Waals surface area contributed by atoms with Crippen molar-refractivity contribution in [3.63, 3.8) is 0 Å². The van der Waals surface area contributed by atoms with Crippen LogP contribution in [0.1, 0.15) is 12.8 Å². The molecule has 2 N–H and O–H groups in total. The molecule has 1 fully saturated rings. The SMILES string of the molecule is ONC(=S)C1CC1. The van der Waals surface area contributed by atoms with Crippen molar-refractivity contribution in [2.24, 2.45) is 5.92 Å². The fraction of sp³-hybridized carbons (Fsp3) is 0.750. The van der Waals surface area contributed by atoms with E-state index in [4.69, 9.17) is 5.21 Å². The quantitative estimate of drug-likeness (QED) is 0.392. The van der Waals surface area contributed by atoms with Gasteiger partial charge in [0.05, 0.1) is 0 Å². The van der Waals surface area contributed by atoms with Crippen molar-refractivity contribution < 1.29 is 5.21 Å². The Morgan fingerprint density at radius 1 is 1.71 bits per heavy atom. The number of nitrogens with one attached hydrogen (secondary N) is 1. The monoisotopic (exact) mass is 117 g/mol. The first-order valence-electron chi connectivity index (χ1n) is 2.28. The molecule has 2 nitrogen and oxygen atoms in total. The topological polar surface area (TPSA) is 32.3 Å². The maximum atomic E-state index is 8.15. The van der Waals surface area contributed by atoms with Crippen LogP contribution in [0.5, 0.6) is 0 Å². The van der Waals surface area contributed by atoms with E-state index < -0.39 is 0 Å². The summed E-state index contributed by atoms with van der Waals surface area (Å²) in [6.07, 6.45) is 2.29. The van der Waals surface area contributed by atoms with Gasteiger partial charge in [-0.05, 0) is 12.8 Å². The Morgan fingerprint density at radius 3 is 2.43 bits per heavy atom. The molecule has 0 bridgehead atoms. The maximum Gasteiger partial charge on any atom is 0.103 e. The number of thiocarbonyl (C=S) groups is 1. The van der Waals surface area contributed by atoms with Gasteiger partial charge in [-0.3, -0.25) is 10.7 Å². The van der Waals surface area contributed by atoms with E-state index in [9.17, 15) is 0 Å². The second-order valence-electron chi connectivity index (χ2n) is 1.75. The molecule has 1 saturated carbocycles. The number of hydroxylamine groups is 1. The summed E-state index contributed by atoms with van der Waals surface area (Å²) < 4.78 is 0. The first-order valence-corrected chi connectivity index (χ1v) is 2.69. The minimum absolute atomic E-state index is 0.486. The summed E-state index contributed by atoms with van der Waals surface area (Å²) in [4.78, 5) is 0.597. The molecule has 0 aromatic heterocycles. The lowest BCUT2D eigenvalue weighted by molar-refractivity contribution is 0.234. The van der Waals surface area contributed by atoms with Crippen molar-refractivity contribution in [1.82, 2.24) is 5.48 Å². The summed E-state index contributed by atoms with van der Waals surface area (Å²) in [5, 5.41) is 8.15. The zero-order valence-electron chi connectivity index (χ0n) is 3.85. The third-order valence-electron chi connectivity index (χ3n) is 1.06. The first kappa shape index (κ1) is 5.00. The molecule has 1 aliphatic carbocycles. The number of hydrogen-bond acceptors (Lipinski definition) is 2. The minimum atomic E-state index is 0.486. The van der Waals surface area contributed by atoms with Gasteiger partial charge >= 0.3 is 0 Å². The van der Waals surface area contributed by atoms with Crippen LogP contribution in [0.25, 0.3) is 0 Å². The summed E-state index contributed by atoms with van der Waals surface area (Å²) in [6, 6.07) is 0. The standard InChI is InChI=1S/C4H7NOS/c6-5-4(7)3-1-2-3/h3,6H,1-2H2,(H,5,7). The summed E-state index contributed by atoms with van der Waals surface area (Å²) >= 11 is 4.68. The lowest BCUT2D eigenvalue weighted by Crippen LogP contribution is -2.17. The molecule has 0 spiro atoms. The molecule has 0 aliphatic heterocycles. The van der Waals surface area contributed by atoms with Crippen LogP contribution in [-0.4, -0.2) is 10.2 Å². The van der Waals surface area contributed by atoms with Gasteiger partial charge in [-0.1, -0.05) is 12.2 Å². The van der Waals surface area contributed by atoms with E-state index in [1.807, 2.05) is 5.48 Å². The third-order valence-corrected chi connectivity index (χ3v) is 1.48. The van der Waals surface area contributed by atoms with Gasteiger partial charge in [0.2, 0.25) is 0 Å². The Bertz CT molecular complexity index is 89.7. The molecular weight excluding hydrogens is 110 g/mol. The summed E-state index contributed by atoms with van der Waals surface area (Å²) in [6.45, 7) is 0. The number of rotatable bonds is 1. The second-order valence-corrected chi connectivity index (χ2v) is 2.19. The van der Waals surface area contributed by atoms with Gasteiger partial charge in [0, 0.05) is 5.92 Å². The Morgan fingerprint density at radius 2 is 2.29 bits per heavy atom. The van der Waals surface area contributed by atoms with E-state index in [1.165, 1.54) is 0 Å². The normalized spacial score (nSPS) is 19.0. The summed E-state index contributed by atoms with van der Waals surface area (Å²) in [5.41, 5.74) is 1.96. The molecule has 0 aromatic carbocycles. The van der Waals surface area contributed by atoms with Gasteiger partial charge in [-0.2, -0.15) is 0 Å². The Kier molecular flexibility index (Phi) is 1.25. The second kappa shape index (κ2) is 1.76. The molecule has 0 radical (unpaired) electrons. The zero-order chi connectivity index (χ0) is 5.28. The summed E-state index contributed by atoms with van der Waals surface area (Å²) in [5.74, 6) is 0.486. The van der Waals surface area contributed by atoms with Gasteiger partial charge in [-0.25, -0.2) is 0 Å². The lowest BCUT2D eigenvalue weighted by atomic mass is 10.4. The number of hydrogen-bond donors (Lipinski definition) is 2. The molecule has 0 aromatic rings. The van der Waals surface area contributed by atoms with Crippen LogP contribution in [0.3, 0.4) is 0 Å². The molecule has 0 amide bonds. The van der Waals surface area contributed by atoms with Crippen LogP contribution in [0.2, 0.25) is 0 Å². The molecule has 0 unspecified atom stereocenters. The Labute approximate surface area is 47.5 Å². The molecular formula is C4H7NOS. The fourth-order valence-corrected chi connectivity index (χ4v) is 0.673. The highest BCUT2D eigenvalue weighted by molar-refractivity contribution is 7.80. The fourth-order valence-electron chi connectivity index (χ4n) is 0.437. The highest BCUT2D eigenvalue weighted by Gasteiger charge is 2.25. The van der Waals surface area contributed by atoms with Crippen LogP contribution in [-0.2, 0) is 0 Å². The predicted octanol–water partition coefficient (Wildman–Crippen LogP) is 0.703. The Hall–Kier alpha value is -0.150. The molecule has 0 saturated heterocycles. The van der Waals surface area contributed by atoms with Crippen molar-refractivity contribution in [1.29, 1.82) is 0 Å². The Balaban J connectivity index is 2.24. The van der Waals surface area contributed by atoms with E-state index in [-0.39, 0.29) is 0 Å². The minimum Gasteiger partial charge on any atom is -0.291 e. The molecule has 1 aliphatic rings. The van der Waals surface area contributed by atoms with Gasteiger partial charge < -0.3 is 0 Å². The van der Waals surface area contributed by atoms with Gasteiger partial charge in [0.15, 0.2) is 0 Å².